The van der Waals surface area contributed by atoms with Crippen molar-refractivity contribution in [3.8, 4) is 10.6 Å². The number of nitrogens with zero attached hydrogens (tertiary/aromatic N) is 1. The van der Waals surface area contributed by atoms with Gasteiger partial charge in [-0.05, 0) is 48.6 Å². The second-order valence-electron chi connectivity index (χ2n) is 10.3. The molecule has 1 aliphatic heterocycles. The van der Waals surface area contributed by atoms with Gasteiger partial charge in [0.05, 0.1) is 16.1 Å². The Labute approximate surface area is 252 Å². The molecule has 224 valence electrons. The summed E-state index contributed by atoms with van der Waals surface area (Å²) in [4.78, 5) is 17.9. The highest BCUT2D eigenvalue weighted by molar-refractivity contribution is 7.15. The quantitative estimate of drug-likeness (QED) is 0.115. The third-order valence-electron chi connectivity index (χ3n) is 7.19. The third-order valence-corrected chi connectivity index (χ3v) is 8.57. The van der Waals surface area contributed by atoms with Crippen molar-refractivity contribution in [1.29, 1.82) is 0 Å². The molecule has 5 atom stereocenters. The van der Waals surface area contributed by atoms with Crippen molar-refractivity contribution in [3.63, 3.8) is 0 Å². The molecule has 41 heavy (non-hydrogen) atoms. The van der Waals surface area contributed by atoms with Gasteiger partial charge in [0, 0.05) is 37.5 Å². The molecule has 0 saturated carbocycles. The first-order valence-electron chi connectivity index (χ1n) is 14.8. The average Bonchev–Trinajstić information content (AvgIpc) is 3.68. The molecule has 0 aliphatic carbocycles. The summed E-state index contributed by atoms with van der Waals surface area (Å²) in [6.45, 7) is 8.04. The SMILES string of the molecule is CCCCO[C@@H]1[C@@H](OCCCC)[C@H](c2ccc(Cl)c(Cc3ncc(-c4ccco4)s3)c2)O[C@H](C=O)[C@H]1OCCCC. The van der Waals surface area contributed by atoms with Gasteiger partial charge >= 0.3 is 0 Å². The molecule has 0 radical (unpaired) electrons. The molecule has 0 N–H and O–H groups in total. The molecular formula is C32H42ClNO6S. The molecule has 7 nitrogen and oxygen atoms in total. The minimum Gasteiger partial charge on any atom is -0.463 e. The Balaban J connectivity index is 1.63. The highest BCUT2D eigenvalue weighted by Gasteiger charge is 2.48. The number of aromatic nitrogens is 1. The lowest BCUT2D eigenvalue weighted by molar-refractivity contribution is -0.252. The molecular weight excluding hydrogens is 562 g/mol. The number of furan rings is 1. The van der Waals surface area contributed by atoms with E-state index in [1.807, 2.05) is 36.5 Å². The molecule has 4 rings (SSSR count). The monoisotopic (exact) mass is 603 g/mol. The number of rotatable bonds is 17. The summed E-state index contributed by atoms with van der Waals surface area (Å²) in [5.41, 5.74) is 1.81. The van der Waals surface area contributed by atoms with Gasteiger partial charge in [-0.3, -0.25) is 0 Å². The Bertz CT molecular complexity index is 1180. The van der Waals surface area contributed by atoms with Gasteiger partial charge in [-0.15, -0.1) is 11.3 Å². The lowest BCUT2D eigenvalue weighted by atomic mass is 9.89. The van der Waals surface area contributed by atoms with E-state index >= 15 is 0 Å². The lowest BCUT2D eigenvalue weighted by Gasteiger charge is -2.45. The van der Waals surface area contributed by atoms with E-state index in [9.17, 15) is 4.79 Å². The molecule has 1 aliphatic rings. The molecule has 0 unspecified atom stereocenters. The molecule has 0 amide bonds. The summed E-state index contributed by atoms with van der Waals surface area (Å²) in [7, 11) is 0. The molecule has 0 bridgehead atoms. The number of ether oxygens (including phenoxy) is 4. The van der Waals surface area contributed by atoms with Crippen LogP contribution in [0.3, 0.4) is 0 Å². The number of benzene rings is 1. The van der Waals surface area contributed by atoms with Crippen molar-refractivity contribution >= 4 is 29.2 Å². The van der Waals surface area contributed by atoms with E-state index in [0.29, 0.717) is 31.3 Å². The van der Waals surface area contributed by atoms with Crippen LogP contribution >= 0.6 is 22.9 Å². The minimum atomic E-state index is -0.775. The molecule has 3 aromatic rings. The maximum atomic E-state index is 12.3. The zero-order valence-corrected chi connectivity index (χ0v) is 25.8. The van der Waals surface area contributed by atoms with Crippen LogP contribution in [-0.2, 0) is 30.2 Å². The summed E-state index contributed by atoms with van der Waals surface area (Å²) in [6.07, 6.45) is 7.88. The molecule has 9 heteroatoms. The van der Waals surface area contributed by atoms with Gasteiger partial charge in [0.2, 0.25) is 0 Å². The Morgan fingerprint density at radius 2 is 1.63 bits per heavy atom. The van der Waals surface area contributed by atoms with Crippen LogP contribution in [-0.4, -0.2) is 55.5 Å². The number of unbranched alkanes of at least 4 members (excludes halogenated alkanes) is 3. The standard InChI is InChI=1S/C32H42ClNO6S/c1-4-7-14-37-30-26(21-35)40-29(31(38-15-8-5-2)32(30)39-16-9-6-3)22-12-13-24(33)23(18-22)19-28-34-20-27(41-28)25-11-10-17-36-25/h10-13,17-18,20-21,26,29-32H,4-9,14-16,19H2,1-3H3/t26-,29+,30-,31+,32+/m1/s1. The van der Waals surface area contributed by atoms with Crippen molar-refractivity contribution in [2.24, 2.45) is 0 Å². The largest absolute Gasteiger partial charge is 0.463 e. The van der Waals surface area contributed by atoms with Crippen LogP contribution in [0, 0.1) is 0 Å². The number of halogens is 1. The van der Waals surface area contributed by atoms with Gasteiger partial charge in [-0.1, -0.05) is 63.8 Å². The summed E-state index contributed by atoms with van der Waals surface area (Å²) < 4.78 is 31.2. The summed E-state index contributed by atoms with van der Waals surface area (Å²) >= 11 is 8.25. The van der Waals surface area contributed by atoms with Crippen molar-refractivity contribution in [2.75, 3.05) is 19.8 Å². The lowest BCUT2D eigenvalue weighted by Crippen LogP contribution is -2.58. The van der Waals surface area contributed by atoms with Crippen molar-refractivity contribution in [3.05, 3.63) is 63.9 Å². The van der Waals surface area contributed by atoms with Crippen molar-refractivity contribution in [1.82, 2.24) is 4.98 Å². The predicted octanol–water partition coefficient (Wildman–Crippen LogP) is 7.84. The van der Waals surface area contributed by atoms with E-state index in [4.69, 9.17) is 35.0 Å². The van der Waals surface area contributed by atoms with Crippen LogP contribution in [0.2, 0.25) is 5.02 Å². The Kier molecular flexibility index (Phi) is 12.8. The van der Waals surface area contributed by atoms with Gasteiger partial charge in [-0.25, -0.2) is 4.98 Å². The fraction of sp³-hybridized carbons (Fsp3) is 0.562. The summed E-state index contributed by atoms with van der Waals surface area (Å²) in [5.74, 6) is 0.793. The number of hydrogen-bond donors (Lipinski definition) is 0. The molecule has 0 spiro atoms. The third kappa shape index (κ3) is 8.49. The molecule has 2 aromatic heterocycles. The second kappa shape index (κ2) is 16.5. The van der Waals surface area contributed by atoms with E-state index in [1.165, 1.54) is 0 Å². The van der Waals surface area contributed by atoms with Gasteiger partial charge in [0.1, 0.15) is 36.3 Å². The maximum absolute atomic E-state index is 12.3. The van der Waals surface area contributed by atoms with Crippen LogP contribution in [0.4, 0.5) is 0 Å². The first-order valence-corrected chi connectivity index (χ1v) is 16.0. The second-order valence-corrected chi connectivity index (χ2v) is 11.9. The first kappa shape index (κ1) is 31.9. The minimum absolute atomic E-state index is 0.444. The van der Waals surface area contributed by atoms with Crippen LogP contribution in [0.5, 0.6) is 0 Å². The van der Waals surface area contributed by atoms with Crippen molar-refractivity contribution in [2.45, 2.75) is 96.2 Å². The van der Waals surface area contributed by atoms with Gasteiger partial charge in [0.15, 0.2) is 6.29 Å². The molecule has 1 fully saturated rings. The Morgan fingerprint density at radius 1 is 0.951 bits per heavy atom. The van der Waals surface area contributed by atoms with Gasteiger partial charge < -0.3 is 28.2 Å². The van der Waals surface area contributed by atoms with Crippen LogP contribution < -0.4 is 0 Å². The predicted molar refractivity (Wildman–Crippen MR) is 162 cm³/mol. The number of thiazole rings is 1. The van der Waals surface area contributed by atoms with E-state index < -0.39 is 30.5 Å². The van der Waals surface area contributed by atoms with Gasteiger partial charge in [-0.2, -0.15) is 0 Å². The fourth-order valence-electron chi connectivity index (χ4n) is 4.90. The molecule has 1 aromatic carbocycles. The normalized spacial score (nSPS) is 22.7. The number of carbonyl (C=O) groups is 1. The van der Waals surface area contributed by atoms with Crippen LogP contribution in [0.25, 0.3) is 10.6 Å². The fourth-order valence-corrected chi connectivity index (χ4v) is 5.99. The average molecular weight is 604 g/mol. The van der Waals surface area contributed by atoms with E-state index in [1.54, 1.807) is 17.6 Å². The van der Waals surface area contributed by atoms with E-state index in [2.05, 4.69) is 25.8 Å². The number of carbonyl (C=O) groups excluding carboxylic acids is 1. The zero-order chi connectivity index (χ0) is 29.0. The maximum Gasteiger partial charge on any atom is 0.151 e. The first-order chi connectivity index (χ1) is 20.1. The number of aldehydes is 1. The zero-order valence-electron chi connectivity index (χ0n) is 24.3. The smallest absolute Gasteiger partial charge is 0.151 e. The Hall–Kier alpha value is -2.07. The van der Waals surface area contributed by atoms with E-state index in [-0.39, 0.29) is 0 Å². The molecule has 1 saturated heterocycles. The molecule has 3 heterocycles. The van der Waals surface area contributed by atoms with E-state index in [0.717, 1.165) is 71.6 Å². The van der Waals surface area contributed by atoms with Crippen LogP contribution in [0.15, 0.2) is 47.2 Å². The number of hydrogen-bond acceptors (Lipinski definition) is 8. The summed E-state index contributed by atoms with van der Waals surface area (Å²) in [6, 6.07) is 9.66. The Morgan fingerprint density at radius 3 is 2.27 bits per heavy atom. The topological polar surface area (TPSA) is 80.0 Å². The highest BCUT2D eigenvalue weighted by atomic mass is 35.5. The van der Waals surface area contributed by atoms with Crippen molar-refractivity contribution < 1.29 is 28.2 Å². The highest BCUT2D eigenvalue weighted by Crippen LogP contribution is 2.39. The van der Waals surface area contributed by atoms with Crippen LogP contribution in [0.1, 0.15) is 81.5 Å². The summed E-state index contributed by atoms with van der Waals surface area (Å²) in [5, 5.41) is 1.57. The van der Waals surface area contributed by atoms with Gasteiger partial charge in [0.25, 0.3) is 0 Å².